The van der Waals surface area contributed by atoms with Gasteiger partial charge >= 0.3 is 0 Å². The molecule has 186 valence electrons. The average Bonchev–Trinajstić information content (AvgIpc) is 2.92. The predicted octanol–water partition coefficient (Wildman–Crippen LogP) is 4.89. The fraction of sp³-hybridized carbons (Fsp3) is 0.167. The lowest BCUT2D eigenvalue weighted by atomic mass is 9.94. The van der Waals surface area contributed by atoms with Gasteiger partial charge in [0.25, 0.3) is 11.8 Å². The maximum Gasteiger partial charge on any atom is 0.261 e. The number of nitrogens with two attached hydrogens (primary N) is 1. The van der Waals surface area contributed by atoms with Crippen LogP contribution in [0, 0.1) is 0 Å². The van der Waals surface area contributed by atoms with Gasteiger partial charge in [-0.1, -0.05) is 48.5 Å². The number of carbonyl (C=O) groups excluding carboxylic acids is 3. The van der Waals surface area contributed by atoms with Crippen LogP contribution in [0.3, 0.4) is 0 Å². The van der Waals surface area contributed by atoms with Gasteiger partial charge in [-0.05, 0) is 59.3 Å². The van der Waals surface area contributed by atoms with Crippen LogP contribution in [-0.4, -0.2) is 42.3 Å². The highest BCUT2D eigenvalue weighted by atomic mass is 16.2. The van der Waals surface area contributed by atoms with Crippen LogP contribution in [0.2, 0.25) is 0 Å². The van der Waals surface area contributed by atoms with Crippen molar-refractivity contribution in [3.8, 4) is 11.1 Å². The summed E-state index contributed by atoms with van der Waals surface area (Å²) in [6, 6.07) is 26.9. The summed E-state index contributed by atoms with van der Waals surface area (Å²) >= 11 is 0. The minimum absolute atomic E-state index is 0.0955. The zero-order valence-electron chi connectivity index (χ0n) is 20.4. The molecular weight excluding hydrogens is 464 g/mol. The summed E-state index contributed by atoms with van der Waals surface area (Å²) in [5, 5.41) is 7.85. The molecule has 0 radical (unpaired) electrons. The highest BCUT2D eigenvalue weighted by Crippen LogP contribution is 2.30. The quantitative estimate of drug-likeness (QED) is 0.228. The molecular formula is C30H28N4O3. The lowest BCUT2D eigenvalue weighted by Crippen LogP contribution is -2.41. The van der Waals surface area contributed by atoms with Crippen LogP contribution >= 0.6 is 0 Å². The summed E-state index contributed by atoms with van der Waals surface area (Å²) in [7, 11) is 0. The van der Waals surface area contributed by atoms with Gasteiger partial charge in [-0.3, -0.25) is 19.3 Å². The molecule has 7 nitrogen and oxygen atoms in total. The molecule has 1 aliphatic rings. The van der Waals surface area contributed by atoms with Crippen LogP contribution < -0.4 is 16.4 Å². The number of hydrogen-bond donors (Lipinski definition) is 3. The van der Waals surface area contributed by atoms with E-state index in [0.717, 1.165) is 33.3 Å². The van der Waals surface area contributed by atoms with Crippen LogP contribution in [0.1, 0.15) is 33.6 Å². The maximum absolute atomic E-state index is 13.0. The molecule has 37 heavy (non-hydrogen) atoms. The summed E-state index contributed by atoms with van der Waals surface area (Å²) in [6.45, 7) is 1.30. The highest BCUT2D eigenvalue weighted by Gasteiger charge is 2.32. The second kappa shape index (κ2) is 10.6. The number of nitrogens with one attached hydrogen (secondary N) is 2. The molecule has 4 aromatic carbocycles. The normalized spacial score (nSPS) is 12.6. The average molecular weight is 493 g/mol. The van der Waals surface area contributed by atoms with Gasteiger partial charge in [0.2, 0.25) is 5.91 Å². The second-order valence-electron chi connectivity index (χ2n) is 8.99. The summed E-state index contributed by atoms with van der Waals surface area (Å²) in [5.41, 5.74) is 10.4. The summed E-state index contributed by atoms with van der Waals surface area (Å²) in [4.78, 5) is 39.1. The van der Waals surface area contributed by atoms with Gasteiger partial charge < -0.3 is 16.4 Å². The first-order valence-corrected chi connectivity index (χ1v) is 12.4. The Morgan fingerprint density at radius 1 is 0.757 bits per heavy atom. The van der Waals surface area contributed by atoms with Crippen molar-refractivity contribution in [3.05, 3.63) is 96.1 Å². The van der Waals surface area contributed by atoms with Crippen LogP contribution in [0.5, 0.6) is 0 Å². The van der Waals surface area contributed by atoms with Crippen LogP contribution in [0.15, 0.2) is 84.9 Å². The first kappa shape index (κ1) is 24.2. The van der Waals surface area contributed by atoms with Crippen molar-refractivity contribution in [1.82, 2.24) is 4.90 Å². The maximum atomic E-state index is 13.0. The summed E-state index contributed by atoms with van der Waals surface area (Å²) in [5.74, 6) is -0.561. The Kier molecular flexibility index (Phi) is 6.96. The fourth-order valence-corrected chi connectivity index (χ4v) is 4.63. The van der Waals surface area contributed by atoms with E-state index >= 15 is 0 Å². The largest absolute Gasteiger partial charge is 0.385 e. The lowest BCUT2D eigenvalue weighted by molar-refractivity contribution is -0.116. The predicted molar refractivity (Wildman–Crippen MR) is 147 cm³/mol. The molecule has 0 fully saturated rings. The van der Waals surface area contributed by atoms with Crippen molar-refractivity contribution in [1.29, 1.82) is 0 Å². The summed E-state index contributed by atoms with van der Waals surface area (Å²) < 4.78 is 0. The SMILES string of the molecule is NCCC(=O)Nc1ccc(-c2ccc(NCCCN3C(=O)c4cccc5cccc(c45)C3=O)cc2)cc1. The molecule has 0 unspecified atom stereocenters. The standard InChI is InChI=1S/C30H28N4O3/c31-17-16-27(35)33-24-14-10-21(11-15-24)20-8-12-23(13-9-20)32-18-3-19-34-29(36)25-6-1-4-22-5-2-7-26(28(22)25)30(34)37/h1-2,4-15,32H,3,16-19,31H2,(H,33,35). The first-order chi connectivity index (χ1) is 18.0. The molecule has 7 heteroatoms. The highest BCUT2D eigenvalue weighted by molar-refractivity contribution is 6.25. The molecule has 0 saturated heterocycles. The minimum atomic E-state index is -0.233. The van der Waals surface area contributed by atoms with Crippen molar-refractivity contribution in [2.45, 2.75) is 12.8 Å². The van der Waals surface area contributed by atoms with Crippen molar-refractivity contribution in [2.75, 3.05) is 30.3 Å². The van der Waals surface area contributed by atoms with E-state index in [2.05, 4.69) is 10.6 Å². The first-order valence-electron chi connectivity index (χ1n) is 12.4. The molecule has 1 aliphatic heterocycles. The number of rotatable bonds is 9. The van der Waals surface area contributed by atoms with Crippen molar-refractivity contribution in [3.63, 3.8) is 0 Å². The van der Waals surface area contributed by atoms with Gasteiger partial charge in [0.15, 0.2) is 0 Å². The zero-order chi connectivity index (χ0) is 25.8. The minimum Gasteiger partial charge on any atom is -0.385 e. The van der Waals surface area contributed by atoms with Gasteiger partial charge in [0, 0.05) is 53.9 Å². The van der Waals surface area contributed by atoms with E-state index in [1.807, 2.05) is 72.8 Å². The van der Waals surface area contributed by atoms with Crippen molar-refractivity contribution < 1.29 is 14.4 Å². The van der Waals surface area contributed by atoms with Gasteiger partial charge in [-0.15, -0.1) is 0 Å². The number of hydrogen-bond acceptors (Lipinski definition) is 5. The molecule has 0 aromatic heterocycles. The van der Waals surface area contributed by atoms with Gasteiger partial charge in [0.05, 0.1) is 0 Å². The smallest absolute Gasteiger partial charge is 0.261 e. The van der Waals surface area contributed by atoms with Crippen LogP contribution in [0.4, 0.5) is 11.4 Å². The van der Waals surface area contributed by atoms with E-state index in [-0.39, 0.29) is 17.7 Å². The van der Waals surface area contributed by atoms with Gasteiger partial charge in [-0.25, -0.2) is 0 Å². The third-order valence-corrected chi connectivity index (χ3v) is 6.50. The van der Waals surface area contributed by atoms with Gasteiger partial charge in [0.1, 0.15) is 0 Å². The molecule has 4 N–H and O–H groups in total. The third kappa shape index (κ3) is 5.08. The molecule has 5 rings (SSSR count). The van der Waals surface area contributed by atoms with Crippen LogP contribution in [-0.2, 0) is 4.79 Å². The lowest BCUT2D eigenvalue weighted by Gasteiger charge is -2.27. The molecule has 4 aromatic rings. The Balaban J connectivity index is 1.15. The molecule has 0 saturated carbocycles. The van der Waals surface area contributed by atoms with E-state index in [0.29, 0.717) is 43.6 Å². The van der Waals surface area contributed by atoms with E-state index in [4.69, 9.17) is 5.73 Å². The van der Waals surface area contributed by atoms with E-state index in [1.54, 1.807) is 12.1 Å². The van der Waals surface area contributed by atoms with Crippen molar-refractivity contribution in [2.24, 2.45) is 5.73 Å². The zero-order valence-corrected chi connectivity index (χ0v) is 20.4. The number of benzene rings is 4. The Morgan fingerprint density at radius 3 is 1.89 bits per heavy atom. The third-order valence-electron chi connectivity index (χ3n) is 6.50. The Bertz CT molecular complexity index is 1410. The molecule has 3 amide bonds. The molecule has 1 heterocycles. The van der Waals surface area contributed by atoms with E-state index in [9.17, 15) is 14.4 Å². The number of anilines is 2. The fourth-order valence-electron chi connectivity index (χ4n) is 4.63. The van der Waals surface area contributed by atoms with E-state index in [1.165, 1.54) is 4.90 Å². The number of nitrogens with zero attached hydrogens (tertiary/aromatic N) is 1. The summed E-state index contributed by atoms with van der Waals surface area (Å²) in [6.07, 6.45) is 0.931. The number of amides is 3. The number of carbonyl (C=O) groups is 3. The molecule has 0 bridgehead atoms. The topological polar surface area (TPSA) is 105 Å². The molecule has 0 atom stereocenters. The van der Waals surface area contributed by atoms with Gasteiger partial charge in [-0.2, -0.15) is 0 Å². The number of imide groups is 1. The van der Waals surface area contributed by atoms with E-state index < -0.39 is 0 Å². The Labute approximate surface area is 215 Å². The monoisotopic (exact) mass is 492 g/mol. The van der Waals surface area contributed by atoms with Crippen molar-refractivity contribution >= 4 is 39.9 Å². The Morgan fingerprint density at radius 2 is 1.32 bits per heavy atom. The Hall–Kier alpha value is -4.49. The second-order valence-corrected chi connectivity index (χ2v) is 8.99. The molecule has 0 spiro atoms. The molecule has 0 aliphatic carbocycles. The van der Waals surface area contributed by atoms with Crippen LogP contribution in [0.25, 0.3) is 21.9 Å².